The molecule has 0 unspecified atom stereocenters. The molecule has 0 radical (unpaired) electrons. The average Bonchev–Trinajstić information content (AvgIpc) is 2.67. The maximum absolute atomic E-state index is 13.4. The first-order valence-corrected chi connectivity index (χ1v) is 10.4. The van der Waals surface area contributed by atoms with Gasteiger partial charge in [-0.15, -0.1) is 0 Å². The molecule has 0 N–H and O–H groups in total. The number of rotatable bonds is 3. The molecule has 0 atom stereocenters. The zero-order chi connectivity index (χ0) is 19.9. The second-order valence-corrected chi connectivity index (χ2v) is 8.74. The van der Waals surface area contributed by atoms with Gasteiger partial charge in [0.15, 0.2) is 4.90 Å². The Hall–Kier alpha value is -2.89. The van der Waals surface area contributed by atoms with Gasteiger partial charge in [0.25, 0.3) is 0 Å². The molecule has 0 spiro atoms. The Morgan fingerprint density at radius 1 is 0.893 bits per heavy atom. The smallest absolute Gasteiger partial charge is 0.356 e. The third-order valence-electron chi connectivity index (χ3n) is 4.48. The van der Waals surface area contributed by atoms with Gasteiger partial charge in [-0.05, 0) is 48.4 Å². The number of halogens is 1. The molecule has 3 aromatic carbocycles. The van der Waals surface area contributed by atoms with Gasteiger partial charge in [-0.25, -0.2) is 13.2 Å². The van der Waals surface area contributed by atoms with E-state index in [0.717, 1.165) is 5.56 Å². The number of fused-ring (bicyclic) bond motifs is 1. The molecule has 0 fully saturated rings. The lowest BCUT2D eigenvalue weighted by Gasteiger charge is -2.13. The summed E-state index contributed by atoms with van der Waals surface area (Å²) in [4.78, 5) is 12.5. The van der Waals surface area contributed by atoms with Gasteiger partial charge in [0.1, 0.15) is 5.58 Å². The van der Waals surface area contributed by atoms with Crippen LogP contribution in [-0.4, -0.2) is 8.42 Å². The molecule has 0 aliphatic rings. The minimum atomic E-state index is -4.13. The van der Waals surface area contributed by atoms with E-state index in [1.807, 2.05) is 19.1 Å². The van der Waals surface area contributed by atoms with E-state index in [-0.39, 0.29) is 9.79 Å². The van der Waals surface area contributed by atoms with Crippen LogP contribution in [0.25, 0.3) is 22.1 Å². The van der Waals surface area contributed by atoms with Crippen LogP contribution < -0.4 is 5.63 Å². The highest BCUT2D eigenvalue weighted by molar-refractivity contribution is 7.91. The van der Waals surface area contributed by atoms with Crippen LogP contribution in [0.3, 0.4) is 0 Å². The van der Waals surface area contributed by atoms with E-state index < -0.39 is 15.5 Å². The Balaban J connectivity index is 2.14. The summed E-state index contributed by atoms with van der Waals surface area (Å²) in [6.45, 7) is 1.87. The Labute approximate surface area is 166 Å². The van der Waals surface area contributed by atoms with E-state index in [1.165, 1.54) is 24.3 Å². The summed E-state index contributed by atoms with van der Waals surface area (Å²) in [6, 6.07) is 20.0. The fourth-order valence-electron chi connectivity index (χ4n) is 3.16. The minimum absolute atomic E-state index is 0.0205. The van der Waals surface area contributed by atoms with Crippen LogP contribution in [0.15, 0.2) is 91.8 Å². The molecule has 1 heterocycles. The standard InChI is InChI=1S/C22H15ClO4S/c1-14-7-12-18-19(13-14)27-22(24)21(20(18)15-5-3-2-4-6-15)28(25,26)17-10-8-16(23)9-11-17/h2-13H,1H3. The summed E-state index contributed by atoms with van der Waals surface area (Å²) >= 11 is 5.88. The molecule has 0 aliphatic heterocycles. The van der Waals surface area contributed by atoms with Crippen molar-refractivity contribution >= 4 is 32.4 Å². The second kappa shape index (κ2) is 6.93. The van der Waals surface area contributed by atoms with E-state index in [1.54, 1.807) is 36.4 Å². The summed E-state index contributed by atoms with van der Waals surface area (Å²) < 4.78 is 32.1. The van der Waals surface area contributed by atoms with Crippen molar-refractivity contribution in [1.29, 1.82) is 0 Å². The highest BCUT2D eigenvalue weighted by atomic mass is 35.5. The van der Waals surface area contributed by atoms with Gasteiger partial charge in [-0.3, -0.25) is 0 Å². The van der Waals surface area contributed by atoms with E-state index in [2.05, 4.69) is 0 Å². The topological polar surface area (TPSA) is 64.3 Å². The zero-order valence-electron chi connectivity index (χ0n) is 14.8. The van der Waals surface area contributed by atoms with Crippen molar-refractivity contribution in [2.75, 3.05) is 0 Å². The predicted octanol–water partition coefficient (Wildman–Crippen LogP) is 5.25. The van der Waals surface area contributed by atoms with Gasteiger partial charge in [-0.1, -0.05) is 54.1 Å². The minimum Gasteiger partial charge on any atom is -0.422 e. The third kappa shape index (κ3) is 3.13. The van der Waals surface area contributed by atoms with Crippen LogP contribution in [0.1, 0.15) is 5.56 Å². The summed E-state index contributed by atoms with van der Waals surface area (Å²) in [5.41, 5.74) is 1.31. The normalized spacial score (nSPS) is 11.6. The summed E-state index contributed by atoms with van der Waals surface area (Å²) in [5, 5.41) is 0.965. The molecule has 4 rings (SSSR count). The lowest BCUT2D eigenvalue weighted by molar-refractivity contribution is 0.533. The number of benzene rings is 3. The van der Waals surface area contributed by atoms with Crippen molar-refractivity contribution in [2.24, 2.45) is 0 Å². The van der Waals surface area contributed by atoms with Crippen molar-refractivity contribution in [3.8, 4) is 11.1 Å². The van der Waals surface area contributed by atoms with Crippen molar-refractivity contribution in [3.05, 3.63) is 93.8 Å². The molecule has 140 valence electrons. The molecule has 1 aromatic heterocycles. The summed E-state index contributed by atoms with van der Waals surface area (Å²) in [5.74, 6) is 0. The third-order valence-corrected chi connectivity index (χ3v) is 6.53. The molecule has 0 saturated carbocycles. The molecule has 0 amide bonds. The SMILES string of the molecule is Cc1ccc2c(-c3ccccc3)c(S(=O)(=O)c3ccc(Cl)cc3)c(=O)oc2c1. The molecule has 6 heteroatoms. The summed E-state index contributed by atoms with van der Waals surface area (Å²) in [7, 11) is -4.13. The quantitative estimate of drug-likeness (QED) is 0.432. The molecule has 0 bridgehead atoms. The molecule has 28 heavy (non-hydrogen) atoms. The molecule has 0 saturated heterocycles. The van der Waals surface area contributed by atoms with Crippen LogP contribution in [0, 0.1) is 6.92 Å². The fraction of sp³-hybridized carbons (Fsp3) is 0.0455. The number of hydrogen-bond donors (Lipinski definition) is 0. The number of hydrogen-bond acceptors (Lipinski definition) is 4. The maximum atomic E-state index is 13.4. The molecule has 0 aliphatic carbocycles. The Morgan fingerprint density at radius 2 is 1.57 bits per heavy atom. The van der Waals surface area contributed by atoms with Crippen LogP contribution in [0.5, 0.6) is 0 Å². The summed E-state index contributed by atoms with van der Waals surface area (Å²) in [6.07, 6.45) is 0. The maximum Gasteiger partial charge on any atom is 0.356 e. The average molecular weight is 411 g/mol. The zero-order valence-corrected chi connectivity index (χ0v) is 16.4. The Kier molecular flexibility index (Phi) is 4.57. The van der Waals surface area contributed by atoms with E-state index in [4.69, 9.17) is 16.0 Å². The van der Waals surface area contributed by atoms with Crippen molar-refractivity contribution < 1.29 is 12.8 Å². The van der Waals surface area contributed by atoms with E-state index >= 15 is 0 Å². The van der Waals surface area contributed by atoms with Gasteiger partial charge < -0.3 is 4.42 Å². The largest absolute Gasteiger partial charge is 0.422 e. The van der Waals surface area contributed by atoms with Gasteiger partial charge in [0.2, 0.25) is 9.84 Å². The lowest BCUT2D eigenvalue weighted by Crippen LogP contribution is -2.16. The van der Waals surface area contributed by atoms with Crippen LogP contribution >= 0.6 is 11.6 Å². The molecule has 4 nitrogen and oxygen atoms in total. The first-order chi connectivity index (χ1) is 13.4. The van der Waals surface area contributed by atoms with Gasteiger partial charge in [0.05, 0.1) is 4.90 Å². The van der Waals surface area contributed by atoms with Crippen LogP contribution in [0.2, 0.25) is 5.02 Å². The Bertz CT molecular complexity index is 1340. The van der Waals surface area contributed by atoms with Crippen molar-refractivity contribution in [3.63, 3.8) is 0 Å². The Morgan fingerprint density at radius 3 is 2.25 bits per heavy atom. The highest BCUT2D eigenvalue weighted by Gasteiger charge is 2.29. The molecular formula is C22H15ClO4S. The highest BCUT2D eigenvalue weighted by Crippen LogP contribution is 2.35. The van der Waals surface area contributed by atoms with Gasteiger partial charge >= 0.3 is 5.63 Å². The molecule has 4 aromatic rings. The lowest BCUT2D eigenvalue weighted by atomic mass is 10.0. The fourth-order valence-corrected chi connectivity index (χ4v) is 4.77. The molecular weight excluding hydrogens is 396 g/mol. The second-order valence-electron chi connectivity index (χ2n) is 6.42. The van der Waals surface area contributed by atoms with Crippen molar-refractivity contribution in [2.45, 2.75) is 16.7 Å². The monoisotopic (exact) mass is 410 g/mol. The van der Waals surface area contributed by atoms with Crippen LogP contribution in [0.4, 0.5) is 0 Å². The first kappa shape index (κ1) is 18.5. The van der Waals surface area contributed by atoms with Gasteiger partial charge in [0, 0.05) is 16.0 Å². The first-order valence-electron chi connectivity index (χ1n) is 8.51. The van der Waals surface area contributed by atoms with Crippen LogP contribution in [-0.2, 0) is 9.84 Å². The number of sulfone groups is 1. The predicted molar refractivity (Wildman–Crippen MR) is 110 cm³/mol. The van der Waals surface area contributed by atoms with Crippen molar-refractivity contribution in [1.82, 2.24) is 0 Å². The van der Waals surface area contributed by atoms with Gasteiger partial charge in [-0.2, -0.15) is 0 Å². The van der Waals surface area contributed by atoms with E-state index in [0.29, 0.717) is 27.1 Å². The van der Waals surface area contributed by atoms with E-state index in [9.17, 15) is 13.2 Å². The number of aryl methyl sites for hydroxylation is 1.